The van der Waals surface area contributed by atoms with Crippen LogP contribution in [0.4, 0.5) is 5.69 Å². The summed E-state index contributed by atoms with van der Waals surface area (Å²) in [6, 6.07) is 5.50. The fraction of sp³-hybridized carbons (Fsp3) is 0.300. The number of rotatable bonds is 1. The summed E-state index contributed by atoms with van der Waals surface area (Å²) < 4.78 is 0. The molecule has 0 aliphatic heterocycles. The van der Waals surface area contributed by atoms with Gasteiger partial charge in [0.1, 0.15) is 0 Å². The number of aliphatic hydroxyl groups is 1. The summed E-state index contributed by atoms with van der Waals surface area (Å²) in [7, 11) is 0. The number of aliphatic imine (C=N–C) groups is 1. The van der Waals surface area contributed by atoms with Crippen LogP contribution in [0, 0.1) is 0 Å². The molecule has 13 heavy (non-hydrogen) atoms. The highest BCUT2D eigenvalue weighted by Gasteiger charge is 2.18. The summed E-state index contributed by atoms with van der Waals surface area (Å²) in [5, 5.41) is 9.36. The first-order valence-electron chi connectivity index (χ1n) is 4.17. The lowest BCUT2D eigenvalue weighted by Crippen LogP contribution is -2.03. The van der Waals surface area contributed by atoms with Crippen molar-refractivity contribution in [2.75, 3.05) is 0 Å². The molecule has 1 aromatic carbocycles. The van der Waals surface area contributed by atoms with E-state index in [4.69, 9.17) is 0 Å². The molecule has 2 rings (SSSR count). The number of isocyanates is 1. The molecule has 0 heterocycles. The Morgan fingerprint density at radius 3 is 2.92 bits per heavy atom. The van der Waals surface area contributed by atoms with Gasteiger partial charge < -0.3 is 5.11 Å². The van der Waals surface area contributed by atoms with Gasteiger partial charge in [-0.2, -0.15) is 4.99 Å². The minimum absolute atomic E-state index is 0.273. The molecule has 1 aliphatic rings. The molecule has 66 valence electrons. The number of nitrogens with zero attached hydrogens (tertiary/aromatic N) is 1. The van der Waals surface area contributed by atoms with Crippen LogP contribution < -0.4 is 0 Å². The monoisotopic (exact) mass is 175 g/mol. The molecule has 0 saturated carbocycles. The van der Waals surface area contributed by atoms with Gasteiger partial charge in [-0.05, 0) is 36.1 Å². The zero-order chi connectivity index (χ0) is 9.26. The lowest BCUT2D eigenvalue weighted by atomic mass is 10.1. The van der Waals surface area contributed by atoms with E-state index in [1.807, 2.05) is 12.1 Å². The molecule has 0 spiro atoms. The Kier molecular flexibility index (Phi) is 1.97. The number of hydrogen-bond donors (Lipinski definition) is 1. The van der Waals surface area contributed by atoms with Crippen LogP contribution in [0.15, 0.2) is 23.2 Å². The number of hydrogen-bond acceptors (Lipinski definition) is 3. The van der Waals surface area contributed by atoms with Crippen LogP contribution in [0.2, 0.25) is 0 Å². The largest absolute Gasteiger partial charge is 0.392 e. The Labute approximate surface area is 75.7 Å². The Hall–Kier alpha value is -1.44. The van der Waals surface area contributed by atoms with E-state index in [1.54, 1.807) is 6.07 Å². The minimum atomic E-state index is -0.273. The van der Waals surface area contributed by atoms with E-state index in [9.17, 15) is 9.90 Å². The highest BCUT2D eigenvalue weighted by Crippen LogP contribution is 2.26. The normalized spacial score (nSPS) is 19.3. The van der Waals surface area contributed by atoms with Gasteiger partial charge in [0.05, 0.1) is 11.8 Å². The van der Waals surface area contributed by atoms with E-state index in [0.717, 1.165) is 11.1 Å². The summed E-state index contributed by atoms with van der Waals surface area (Å²) in [5.74, 6) is 0. The van der Waals surface area contributed by atoms with Crippen molar-refractivity contribution in [1.29, 1.82) is 0 Å². The van der Waals surface area contributed by atoms with E-state index in [0.29, 0.717) is 18.5 Å². The van der Waals surface area contributed by atoms with Gasteiger partial charge in [0.25, 0.3) is 0 Å². The Morgan fingerprint density at radius 2 is 2.15 bits per heavy atom. The van der Waals surface area contributed by atoms with Gasteiger partial charge in [-0.15, -0.1) is 0 Å². The van der Waals surface area contributed by atoms with E-state index >= 15 is 0 Å². The molecule has 0 saturated heterocycles. The van der Waals surface area contributed by atoms with Crippen molar-refractivity contribution in [3.8, 4) is 0 Å². The molecule has 3 heteroatoms. The zero-order valence-corrected chi connectivity index (χ0v) is 7.03. The van der Waals surface area contributed by atoms with Crippen molar-refractivity contribution in [3.63, 3.8) is 0 Å². The van der Waals surface area contributed by atoms with Crippen molar-refractivity contribution in [2.24, 2.45) is 4.99 Å². The first-order chi connectivity index (χ1) is 6.29. The van der Waals surface area contributed by atoms with Gasteiger partial charge in [-0.1, -0.05) is 6.07 Å². The smallest absolute Gasteiger partial charge is 0.240 e. The first-order valence-corrected chi connectivity index (χ1v) is 4.17. The van der Waals surface area contributed by atoms with Gasteiger partial charge in [0, 0.05) is 0 Å². The first kappa shape index (κ1) is 8.17. The second-order valence-electron chi connectivity index (χ2n) is 3.22. The lowest BCUT2D eigenvalue weighted by Gasteiger charge is -1.97. The van der Waals surface area contributed by atoms with Crippen LogP contribution in [-0.4, -0.2) is 17.3 Å². The maximum atomic E-state index is 10.00. The molecule has 3 nitrogen and oxygen atoms in total. The lowest BCUT2D eigenvalue weighted by molar-refractivity contribution is 0.187. The molecule has 1 aromatic rings. The van der Waals surface area contributed by atoms with Gasteiger partial charge in [-0.3, -0.25) is 0 Å². The van der Waals surface area contributed by atoms with Crippen LogP contribution in [0.1, 0.15) is 11.1 Å². The van der Waals surface area contributed by atoms with Crippen molar-refractivity contribution >= 4 is 11.8 Å². The summed E-state index contributed by atoms with van der Waals surface area (Å²) in [4.78, 5) is 13.5. The number of aliphatic hydroxyl groups excluding tert-OH is 1. The topological polar surface area (TPSA) is 49.7 Å². The molecular weight excluding hydrogens is 166 g/mol. The van der Waals surface area contributed by atoms with Crippen LogP contribution in [0.5, 0.6) is 0 Å². The third-order valence-corrected chi connectivity index (χ3v) is 2.28. The second kappa shape index (κ2) is 3.13. The standard InChI is InChI=1S/C10H9NO2/c12-6-11-9-2-1-7-4-10(13)5-8(7)3-9/h1-3,10,13H,4-5H2. The van der Waals surface area contributed by atoms with E-state index in [1.165, 1.54) is 6.08 Å². The highest BCUT2D eigenvalue weighted by molar-refractivity contribution is 5.52. The van der Waals surface area contributed by atoms with Crippen LogP contribution in [-0.2, 0) is 17.6 Å². The number of carbonyl (C=O) groups excluding carboxylic acids is 1. The second-order valence-corrected chi connectivity index (χ2v) is 3.22. The molecule has 0 aromatic heterocycles. The van der Waals surface area contributed by atoms with Crippen LogP contribution >= 0.6 is 0 Å². The number of fused-ring (bicyclic) bond motifs is 1. The van der Waals surface area contributed by atoms with Gasteiger partial charge in [-0.25, -0.2) is 4.79 Å². The maximum Gasteiger partial charge on any atom is 0.240 e. The van der Waals surface area contributed by atoms with Crippen LogP contribution in [0.25, 0.3) is 0 Å². The average Bonchev–Trinajstić information content (AvgIpc) is 2.44. The van der Waals surface area contributed by atoms with Crippen molar-refractivity contribution < 1.29 is 9.90 Å². The summed E-state index contributed by atoms with van der Waals surface area (Å²) in [6.45, 7) is 0. The Balaban J connectivity index is 2.39. The Bertz CT molecular complexity index is 381. The van der Waals surface area contributed by atoms with Gasteiger partial charge in [0.15, 0.2) is 0 Å². The molecule has 0 bridgehead atoms. The van der Waals surface area contributed by atoms with Gasteiger partial charge >= 0.3 is 0 Å². The van der Waals surface area contributed by atoms with E-state index in [2.05, 4.69) is 4.99 Å². The summed E-state index contributed by atoms with van der Waals surface area (Å²) in [5.41, 5.74) is 2.85. The van der Waals surface area contributed by atoms with Crippen molar-refractivity contribution in [2.45, 2.75) is 18.9 Å². The third-order valence-electron chi connectivity index (χ3n) is 2.28. The predicted octanol–water partition coefficient (Wildman–Crippen LogP) is 1.11. The molecule has 1 atom stereocenters. The SMILES string of the molecule is O=C=Nc1ccc2c(c1)CC(O)C2. The van der Waals surface area contributed by atoms with Crippen LogP contribution in [0.3, 0.4) is 0 Å². The molecular formula is C10H9NO2. The van der Waals surface area contributed by atoms with Crippen molar-refractivity contribution in [3.05, 3.63) is 29.3 Å². The third kappa shape index (κ3) is 1.52. The van der Waals surface area contributed by atoms with E-state index < -0.39 is 0 Å². The quantitative estimate of drug-likeness (QED) is 0.513. The predicted molar refractivity (Wildman–Crippen MR) is 47.6 cm³/mol. The summed E-state index contributed by atoms with van der Waals surface area (Å²) in [6.07, 6.45) is 2.60. The molecule has 0 amide bonds. The number of benzene rings is 1. The average molecular weight is 175 g/mol. The molecule has 0 fully saturated rings. The Morgan fingerprint density at radius 1 is 1.38 bits per heavy atom. The fourth-order valence-corrected chi connectivity index (χ4v) is 1.70. The van der Waals surface area contributed by atoms with Crippen molar-refractivity contribution in [1.82, 2.24) is 0 Å². The summed E-state index contributed by atoms with van der Waals surface area (Å²) >= 11 is 0. The molecule has 1 N–H and O–H groups in total. The van der Waals surface area contributed by atoms with Gasteiger partial charge in [0.2, 0.25) is 6.08 Å². The maximum absolute atomic E-state index is 10.00. The minimum Gasteiger partial charge on any atom is -0.392 e. The highest BCUT2D eigenvalue weighted by atomic mass is 16.3. The fourth-order valence-electron chi connectivity index (χ4n) is 1.70. The molecule has 0 radical (unpaired) electrons. The molecule has 1 aliphatic carbocycles. The zero-order valence-electron chi connectivity index (χ0n) is 7.03. The molecule has 1 unspecified atom stereocenters. The van der Waals surface area contributed by atoms with E-state index in [-0.39, 0.29) is 6.10 Å².